The molecule has 0 spiro atoms. The van der Waals surface area contributed by atoms with E-state index in [2.05, 4.69) is 25.6 Å². The lowest BCUT2D eigenvalue weighted by Crippen LogP contribution is -2.32. The molecule has 2 aliphatic rings. The van der Waals surface area contributed by atoms with Crippen LogP contribution in [0.1, 0.15) is 37.2 Å². The Morgan fingerprint density at radius 3 is 2.62 bits per heavy atom. The maximum atomic E-state index is 15.2. The predicted molar refractivity (Wildman–Crippen MR) is 148 cm³/mol. The summed E-state index contributed by atoms with van der Waals surface area (Å²) in [6, 6.07) is 12.9. The summed E-state index contributed by atoms with van der Waals surface area (Å²) in [4.78, 5) is 38.3. The zero-order valence-electron chi connectivity index (χ0n) is 21.6. The highest BCUT2D eigenvalue weighted by Crippen LogP contribution is 2.32. The van der Waals surface area contributed by atoms with Crippen molar-refractivity contribution in [3.05, 3.63) is 78.0 Å². The molecule has 3 heterocycles. The largest absolute Gasteiger partial charge is 0.454 e. The lowest BCUT2D eigenvalue weighted by Gasteiger charge is -2.25. The number of carbonyl (C=O) groups excluding carboxylic acids is 2. The fourth-order valence-electron chi connectivity index (χ4n) is 4.62. The molecule has 0 radical (unpaired) electrons. The molecule has 1 aromatic heterocycles. The molecule has 5 rings (SSSR count). The van der Waals surface area contributed by atoms with Gasteiger partial charge in [-0.05, 0) is 67.3 Å². The molecule has 3 aromatic rings. The first-order chi connectivity index (χ1) is 19.5. The van der Waals surface area contributed by atoms with Crippen LogP contribution in [-0.4, -0.2) is 53.5 Å². The van der Waals surface area contributed by atoms with Gasteiger partial charge < -0.3 is 19.7 Å². The molecule has 2 amide bonds. The zero-order chi connectivity index (χ0) is 27.9. The highest BCUT2D eigenvalue weighted by atomic mass is 19.1. The van der Waals surface area contributed by atoms with E-state index in [0.717, 1.165) is 19.1 Å². The first kappa shape index (κ1) is 26.9. The molecule has 2 aromatic carbocycles. The maximum Gasteiger partial charge on any atom is 0.323 e. The van der Waals surface area contributed by atoms with E-state index in [9.17, 15) is 14.0 Å². The summed E-state index contributed by atoms with van der Waals surface area (Å²) in [5.74, 6) is -0.343. The van der Waals surface area contributed by atoms with Crippen molar-refractivity contribution in [1.82, 2.24) is 9.88 Å². The van der Waals surface area contributed by atoms with Crippen LogP contribution in [0.4, 0.5) is 25.1 Å². The maximum absolute atomic E-state index is 15.2. The average Bonchev–Trinajstić information content (AvgIpc) is 3.50. The van der Waals surface area contributed by atoms with Crippen molar-refractivity contribution in [2.45, 2.75) is 37.6 Å². The summed E-state index contributed by atoms with van der Waals surface area (Å²) in [5.41, 5.74) is 1.25. The van der Waals surface area contributed by atoms with Crippen molar-refractivity contribution in [2.75, 3.05) is 23.7 Å². The van der Waals surface area contributed by atoms with Crippen molar-refractivity contribution < 1.29 is 23.1 Å². The molecular weight excluding hydrogens is 518 g/mol. The van der Waals surface area contributed by atoms with Crippen LogP contribution in [0.25, 0.3) is 0 Å². The normalized spacial score (nSPS) is 18.2. The number of carbonyl (C=O) groups is 2. The number of halogens is 2. The smallest absolute Gasteiger partial charge is 0.323 e. The third kappa shape index (κ3) is 6.66. The van der Waals surface area contributed by atoms with Gasteiger partial charge in [-0.1, -0.05) is 6.07 Å². The minimum atomic E-state index is -0.585. The Kier molecular flexibility index (Phi) is 8.38. The van der Waals surface area contributed by atoms with Gasteiger partial charge in [-0.3, -0.25) is 5.32 Å². The third-order valence-corrected chi connectivity index (χ3v) is 6.67. The third-order valence-electron chi connectivity index (χ3n) is 6.67. The summed E-state index contributed by atoms with van der Waals surface area (Å²) < 4.78 is 34.2. The van der Waals surface area contributed by atoms with Crippen molar-refractivity contribution in [1.29, 1.82) is 0 Å². The fourth-order valence-corrected chi connectivity index (χ4v) is 4.62. The van der Waals surface area contributed by atoms with E-state index in [1.807, 2.05) is 0 Å². The molecule has 1 saturated heterocycles. The van der Waals surface area contributed by atoms with Gasteiger partial charge in [0.1, 0.15) is 23.7 Å². The number of aldehydes is 1. The number of urea groups is 1. The number of hydrogen-bond donors (Lipinski definition) is 2. The summed E-state index contributed by atoms with van der Waals surface area (Å²) in [7, 11) is 0. The number of rotatable bonds is 8. The van der Waals surface area contributed by atoms with Gasteiger partial charge in [-0.15, -0.1) is 0 Å². The number of aromatic nitrogens is 1. The van der Waals surface area contributed by atoms with E-state index in [-0.39, 0.29) is 36.0 Å². The molecule has 9 nitrogen and oxygen atoms in total. The molecule has 0 aliphatic carbocycles. The molecule has 0 bridgehead atoms. The molecule has 2 atom stereocenters. The molecule has 0 saturated carbocycles. The Morgan fingerprint density at radius 1 is 1.07 bits per heavy atom. The molecule has 1 fully saturated rings. The van der Waals surface area contributed by atoms with Crippen LogP contribution in [-0.2, 0) is 4.79 Å². The Bertz CT molecular complexity index is 1420. The Hall–Kier alpha value is -4.67. The number of nitrogens with zero attached hydrogens (tertiary/aromatic N) is 4. The molecule has 2 N–H and O–H groups in total. The van der Waals surface area contributed by atoms with E-state index in [4.69, 9.17) is 4.74 Å². The number of anilines is 2. The second-order valence-electron chi connectivity index (χ2n) is 9.49. The zero-order valence-corrected chi connectivity index (χ0v) is 21.6. The van der Waals surface area contributed by atoms with Crippen LogP contribution in [0.5, 0.6) is 11.5 Å². The molecule has 2 unspecified atom stereocenters. The van der Waals surface area contributed by atoms with Crippen LogP contribution < -0.4 is 15.4 Å². The average molecular weight is 547 g/mol. The van der Waals surface area contributed by atoms with Crippen molar-refractivity contribution in [3.8, 4) is 11.5 Å². The summed E-state index contributed by atoms with van der Waals surface area (Å²) in [6.07, 6.45) is 6.64. The van der Waals surface area contributed by atoms with Crippen molar-refractivity contribution in [3.63, 3.8) is 0 Å². The SMILES string of the molecule is O=CCCC1N=C(Nc2ccc(F)cc2)N=CC1c1ccc(Oc2ccnc(NC(=O)N3CCCC3)c2)c(F)c1. The van der Waals surface area contributed by atoms with Gasteiger partial charge in [0.15, 0.2) is 11.6 Å². The number of ether oxygens (including phenoxy) is 1. The van der Waals surface area contributed by atoms with Gasteiger partial charge in [0.05, 0.1) is 6.04 Å². The number of likely N-dealkylation sites (tertiary alicyclic amines) is 1. The van der Waals surface area contributed by atoms with Crippen LogP contribution in [0.3, 0.4) is 0 Å². The Balaban J connectivity index is 1.28. The number of guanidine groups is 1. The van der Waals surface area contributed by atoms with E-state index < -0.39 is 5.82 Å². The second kappa shape index (κ2) is 12.5. The number of nitrogens with one attached hydrogen (secondary N) is 2. The molecular formula is C29H28F2N6O3. The van der Waals surface area contributed by atoms with Crippen LogP contribution in [0.15, 0.2) is 70.8 Å². The highest BCUT2D eigenvalue weighted by Gasteiger charge is 2.26. The van der Waals surface area contributed by atoms with Gasteiger partial charge in [0, 0.05) is 49.6 Å². The first-order valence-electron chi connectivity index (χ1n) is 13.1. The van der Waals surface area contributed by atoms with Crippen molar-refractivity contribution in [2.24, 2.45) is 9.98 Å². The standard InChI is InChI=1S/C29H28F2N6O3/c30-20-6-8-21(9-7-20)34-28-33-18-23(25(35-28)4-3-15-38)19-5-10-26(24(31)16-19)40-22-11-12-32-27(17-22)36-29(39)37-13-1-2-14-37/h5-12,15-18,23,25H,1-4,13-14H2,(H,34,35)(H,32,36,39). The number of pyridine rings is 1. The van der Waals surface area contributed by atoms with Crippen LogP contribution in [0.2, 0.25) is 0 Å². The summed E-state index contributed by atoms with van der Waals surface area (Å²) >= 11 is 0. The minimum Gasteiger partial charge on any atom is -0.454 e. The monoisotopic (exact) mass is 546 g/mol. The van der Waals surface area contributed by atoms with E-state index >= 15 is 4.39 Å². The highest BCUT2D eigenvalue weighted by molar-refractivity contribution is 6.01. The number of hydrogen-bond acceptors (Lipinski definition) is 7. The predicted octanol–water partition coefficient (Wildman–Crippen LogP) is 5.76. The van der Waals surface area contributed by atoms with Gasteiger partial charge >= 0.3 is 6.03 Å². The van der Waals surface area contributed by atoms with Gasteiger partial charge in [0.2, 0.25) is 5.96 Å². The molecule has 11 heteroatoms. The summed E-state index contributed by atoms with van der Waals surface area (Å²) in [6.45, 7) is 1.41. The van der Waals surface area contributed by atoms with E-state index in [0.29, 0.717) is 48.3 Å². The molecule has 40 heavy (non-hydrogen) atoms. The van der Waals surface area contributed by atoms with Crippen molar-refractivity contribution >= 4 is 36.0 Å². The topological polar surface area (TPSA) is 108 Å². The Labute approximate surface area is 230 Å². The lowest BCUT2D eigenvalue weighted by atomic mass is 9.89. The minimum absolute atomic E-state index is 0.00567. The van der Waals surface area contributed by atoms with Crippen LogP contribution >= 0.6 is 0 Å². The quantitative estimate of drug-likeness (QED) is 0.349. The lowest BCUT2D eigenvalue weighted by molar-refractivity contribution is -0.108. The fraction of sp³-hybridized carbons (Fsp3) is 0.276. The number of amides is 2. The Morgan fingerprint density at radius 2 is 1.88 bits per heavy atom. The second-order valence-corrected chi connectivity index (χ2v) is 9.49. The number of aliphatic imine (C=N–C) groups is 2. The summed E-state index contributed by atoms with van der Waals surface area (Å²) in [5, 5.41) is 5.78. The molecule has 2 aliphatic heterocycles. The van der Waals surface area contributed by atoms with Gasteiger partial charge in [-0.25, -0.2) is 28.5 Å². The number of benzene rings is 2. The van der Waals surface area contributed by atoms with E-state index in [1.54, 1.807) is 35.4 Å². The van der Waals surface area contributed by atoms with E-state index in [1.165, 1.54) is 36.5 Å². The van der Waals surface area contributed by atoms with Gasteiger partial charge in [0.25, 0.3) is 0 Å². The molecule has 206 valence electrons. The first-order valence-corrected chi connectivity index (χ1v) is 13.1. The van der Waals surface area contributed by atoms with Crippen LogP contribution in [0, 0.1) is 11.6 Å². The van der Waals surface area contributed by atoms with Gasteiger partial charge in [-0.2, -0.15) is 0 Å².